The highest BCUT2D eigenvalue weighted by Crippen LogP contribution is 2.22. The third kappa shape index (κ3) is 4.19. The van der Waals surface area contributed by atoms with Gasteiger partial charge < -0.3 is 17.0 Å². The van der Waals surface area contributed by atoms with Crippen LogP contribution in [0.1, 0.15) is 15.9 Å². The van der Waals surface area contributed by atoms with Crippen molar-refractivity contribution in [1.82, 2.24) is 4.57 Å². The number of carbonyl (C=O) groups is 1. The Bertz CT molecular complexity index is 884. The Kier molecular flexibility index (Phi) is 6.19. The second-order valence-corrected chi connectivity index (χ2v) is 6.77. The molecule has 2 N–H and O–H groups in total. The standard InChI is InChI=1S/C19H18BrN3O.BrH/c1-13-3-5-15(6-4-13)18(24)12-23-11-17(22(2)19(23)21)14-7-9-16(20)10-8-14;/h3-11,21H,12H2,1-2H3;1H. The third-order valence-electron chi connectivity index (χ3n) is 4.10. The molecule has 0 saturated carbocycles. The van der Waals surface area contributed by atoms with E-state index in [4.69, 9.17) is 5.73 Å². The van der Waals surface area contributed by atoms with E-state index in [0.29, 0.717) is 11.5 Å². The number of carbonyl (C=O) groups excluding carboxylic acids is 1. The maximum atomic E-state index is 12.5. The van der Waals surface area contributed by atoms with E-state index in [0.717, 1.165) is 21.3 Å². The van der Waals surface area contributed by atoms with Crippen molar-refractivity contribution in [1.29, 1.82) is 0 Å². The summed E-state index contributed by atoms with van der Waals surface area (Å²) in [5.41, 5.74) is 10.0. The van der Waals surface area contributed by atoms with Crippen LogP contribution in [0.4, 0.5) is 5.95 Å². The van der Waals surface area contributed by atoms with Gasteiger partial charge in [0.1, 0.15) is 18.4 Å². The van der Waals surface area contributed by atoms with Crippen molar-refractivity contribution in [3.8, 4) is 11.3 Å². The normalized spacial score (nSPS) is 10.4. The predicted octanol–water partition coefficient (Wildman–Crippen LogP) is 0.520. The van der Waals surface area contributed by atoms with E-state index in [1.807, 2.05) is 73.3 Å². The first-order valence-electron chi connectivity index (χ1n) is 7.66. The van der Waals surface area contributed by atoms with Crippen molar-refractivity contribution in [2.75, 3.05) is 5.73 Å². The lowest BCUT2D eigenvalue weighted by atomic mass is 10.1. The number of aromatic nitrogens is 2. The van der Waals surface area contributed by atoms with Crippen LogP contribution in [0.15, 0.2) is 59.2 Å². The lowest BCUT2D eigenvalue weighted by Gasteiger charge is -2.01. The first-order chi connectivity index (χ1) is 11.5. The summed E-state index contributed by atoms with van der Waals surface area (Å²) >= 11 is 3.44. The van der Waals surface area contributed by atoms with Gasteiger partial charge in [0.25, 0.3) is 0 Å². The number of nitrogens with zero attached hydrogens (tertiary/aromatic N) is 2. The molecule has 0 saturated heterocycles. The number of imidazole rings is 1. The Labute approximate surface area is 166 Å². The van der Waals surface area contributed by atoms with Crippen molar-refractivity contribution in [2.45, 2.75) is 13.5 Å². The number of aryl methyl sites for hydroxylation is 1. The minimum atomic E-state index is 0. The Hall–Kier alpha value is -1.92. The number of rotatable bonds is 4. The molecule has 130 valence electrons. The molecule has 25 heavy (non-hydrogen) atoms. The Morgan fingerprint density at radius 1 is 1.12 bits per heavy atom. The van der Waals surface area contributed by atoms with E-state index >= 15 is 0 Å². The van der Waals surface area contributed by atoms with Gasteiger partial charge in [0, 0.05) is 15.6 Å². The van der Waals surface area contributed by atoms with Gasteiger partial charge in [-0.1, -0.05) is 57.9 Å². The van der Waals surface area contributed by atoms with Crippen LogP contribution in [-0.2, 0) is 13.6 Å². The van der Waals surface area contributed by atoms with Crippen LogP contribution < -0.4 is 27.3 Å². The molecule has 0 bridgehead atoms. The molecule has 1 heterocycles. The van der Waals surface area contributed by atoms with E-state index in [9.17, 15) is 4.79 Å². The minimum absolute atomic E-state index is 0. The van der Waals surface area contributed by atoms with E-state index in [2.05, 4.69) is 15.9 Å². The smallest absolute Gasteiger partial charge is 0.355 e. The third-order valence-corrected chi connectivity index (χ3v) is 4.63. The van der Waals surface area contributed by atoms with Crippen LogP contribution in [0, 0.1) is 6.92 Å². The van der Waals surface area contributed by atoms with Crippen molar-refractivity contribution in [2.24, 2.45) is 7.05 Å². The van der Waals surface area contributed by atoms with Crippen LogP contribution in [0.2, 0.25) is 0 Å². The minimum Gasteiger partial charge on any atom is -1.00 e. The Morgan fingerprint density at radius 3 is 2.32 bits per heavy atom. The maximum Gasteiger partial charge on any atom is 0.355 e. The first kappa shape index (κ1) is 19.4. The monoisotopic (exact) mass is 463 g/mol. The molecule has 2 aromatic carbocycles. The molecule has 0 spiro atoms. The molecule has 0 aliphatic heterocycles. The number of nitrogens with two attached hydrogens (primary N) is 1. The molecule has 0 atom stereocenters. The summed E-state index contributed by atoms with van der Waals surface area (Å²) < 4.78 is 4.71. The molecule has 1 aromatic heterocycles. The zero-order chi connectivity index (χ0) is 17.3. The molecular formula is C19H19Br2N3O. The molecule has 0 unspecified atom stereocenters. The number of hydrogen-bond donors (Lipinski definition) is 1. The molecule has 0 fully saturated rings. The van der Waals surface area contributed by atoms with Crippen LogP contribution in [0.5, 0.6) is 0 Å². The number of benzene rings is 2. The average molecular weight is 465 g/mol. The number of ketones is 1. The molecule has 0 amide bonds. The Balaban J connectivity index is 0.00000225. The topological polar surface area (TPSA) is 51.9 Å². The molecular weight excluding hydrogens is 446 g/mol. The highest BCUT2D eigenvalue weighted by molar-refractivity contribution is 9.10. The maximum absolute atomic E-state index is 12.5. The highest BCUT2D eigenvalue weighted by atomic mass is 79.9. The SMILES string of the molecule is Cc1ccc(C(=O)C[n+]2cc(-c3ccc(Br)cc3)n(C)c2N)cc1.[Br-]. The van der Waals surface area contributed by atoms with Gasteiger partial charge in [-0.15, -0.1) is 0 Å². The number of halogens is 2. The highest BCUT2D eigenvalue weighted by Gasteiger charge is 2.20. The molecule has 4 nitrogen and oxygen atoms in total. The molecule has 0 aliphatic carbocycles. The molecule has 3 aromatic rings. The summed E-state index contributed by atoms with van der Waals surface area (Å²) in [6.45, 7) is 2.22. The van der Waals surface area contributed by atoms with Crippen molar-refractivity contribution in [3.05, 3.63) is 70.3 Å². The van der Waals surface area contributed by atoms with Gasteiger partial charge in [-0.05, 0) is 19.1 Å². The predicted molar refractivity (Wildman–Crippen MR) is 98.7 cm³/mol. The van der Waals surface area contributed by atoms with Crippen LogP contribution in [0.3, 0.4) is 0 Å². The fraction of sp³-hybridized carbons (Fsp3) is 0.158. The summed E-state index contributed by atoms with van der Waals surface area (Å²) in [7, 11) is 1.90. The largest absolute Gasteiger partial charge is 1.00 e. The van der Waals surface area contributed by atoms with Gasteiger partial charge in [0.2, 0.25) is 0 Å². The van der Waals surface area contributed by atoms with Crippen LogP contribution in [-0.4, -0.2) is 10.4 Å². The molecule has 3 rings (SSSR count). The Morgan fingerprint density at radius 2 is 1.72 bits per heavy atom. The average Bonchev–Trinajstić information content (AvgIpc) is 2.85. The molecule has 0 aliphatic rings. The van der Waals surface area contributed by atoms with E-state index in [1.54, 1.807) is 4.57 Å². The van der Waals surface area contributed by atoms with Crippen molar-refractivity contribution >= 4 is 27.7 Å². The van der Waals surface area contributed by atoms with Crippen LogP contribution in [0.25, 0.3) is 11.3 Å². The van der Waals surface area contributed by atoms with Gasteiger partial charge in [-0.3, -0.25) is 10.5 Å². The van der Waals surface area contributed by atoms with Crippen LogP contribution >= 0.6 is 15.9 Å². The lowest BCUT2D eigenvalue weighted by Crippen LogP contribution is -3.00. The van der Waals surface area contributed by atoms with Gasteiger partial charge >= 0.3 is 5.95 Å². The summed E-state index contributed by atoms with van der Waals surface area (Å²) in [6, 6.07) is 15.6. The van der Waals surface area contributed by atoms with Crippen molar-refractivity contribution < 1.29 is 26.3 Å². The second-order valence-electron chi connectivity index (χ2n) is 5.86. The van der Waals surface area contributed by atoms with Gasteiger partial charge in [0.15, 0.2) is 5.78 Å². The lowest BCUT2D eigenvalue weighted by molar-refractivity contribution is -0.667. The summed E-state index contributed by atoms with van der Waals surface area (Å²) in [5, 5.41) is 0. The van der Waals surface area contributed by atoms with E-state index < -0.39 is 0 Å². The first-order valence-corrected chi connectivity index (χ1v) is 8.45. The molecule has 0 radical (unpaired) electrons. The van der Waals surface area contributed by atoms with E-state index in [1.165, 1.54) is 0 Å². The quantitative estimate of drug-likeness (QED) is 0.452. The fourth-order valence-electron chi connectivity index (χ4n) is 2.62. The van der Waals surface area contributed by atoms with Gasteiger partial charge in [-0.25, -0.2) is 9.13 Å². The number of nitrogen functional groups attached to an aromatic ring is 1. The van der Waals surface area contributed by atoms with Gasteiger partial charge in [0.05, 0.1) is 7.05 Å². The zero-order valence-corrected chi connectivity index (χ0v) is 17.2. The zero-order valence-electron chi connectivity index (χ0n) is 14.0. The number of hydrogen-bond acceptors (Lipinski definition) is 2. The van der Waals surface area contributed by atoms with Gasteiger partial charge in [-0.2, -0.15) is 0 Å². The van der Waals surface area contributed by atoms with Crippen molar-refractivity contribution in [3.63, 3.8) is 0 Å². The van der Waals surface area contributed by atoms with E-state index in [-0.39, 0.29) is 29.3 Å². The molecule has 6 heteroatoms. The summed E-state index contributed by atoms with van der Waals surface area (Å²) in [5.74, 6) is 0.591. The summed E-state index contributed by atoms with van der Waals surface area (Å²) in [6.07, 6.45) is 1.92. The fourth-order valence-corrected chi connectivity index (χ4v) is 2.88. The number of anilines is 1. The summed E-state index contributed by atoms with van der Waals surface area (Å²) in [4.78, 5) is 12.5. The number of Topliss-reactive ketones (excluding diaryl/α,β-unsaturated/α-hetero) is 1. The second kappa shape index (κ2) is 7.97.